The molecule has 0 saturated heterocycles. The first-order valence-electron chi connectivity index (χ1n) is 11.9. The molecule has 36 heavy (non-hydrogen) atoms. The van der Waals surface area contributed by atoms with Gasteiger partial charge in [-0.25, -0.2) is 4.39 Å². The molecule has 0 spiro atoms. The fourth-order valence-electron chi connectivity index (χ4n) is 4.75. The summed E-state index contributed by atoms with van der Waals surface area (Å²) in [7, 11) is 0. The third-order valence-corrected chi connectivity index (χ3v) is 6.61. The molecule has 0 amide bonds. The molecule has 1 heterocycles. The number of alkyl halides is 3. The Balaban J connectivity index is 1.31. The molecule has 1 aliphatic rings. The molecule has 0 fully saturated rings. The number of nitrogens with zero attached hydrogens (tertiary/aromatic N) is 1. The summed E-state index contributed by atoms with van der Waals surface area (Å²) in [5.74, 6) is -0.0438. The summed E-state index contributed by atoms with van der Waals surface area (Å²) in [4.78, 5) is 1.89. The maximum atomic E-state index is 14.0. The minimum Gasteiger partial charge on any atom is -0.486 e. The Bertz CT molecular complexity index is 1350. The van der Waals surface area contributed by atoms with E-state index in [0.717, 1.165) is 12.1 Å². The Morgan fingerprint density at radius 2 is 1.72 bits per heavy atom. The van der Waals surface area contributed by atoms with E-state index < -0.39 is 17.6 Å². The van der Waals surface area contributed by atoms with Crippen molar-refractivity contribution in [1.82, 2.24) is 5.32 Å². The highest BCUT2D eigenvalue weighted by Gasteiger charge is 2.31. The number of hydrogen-bond donors (Lipinski definition) is 1. The number of rotatable bonds is 6. The van der Waals surface area contributed by atoms with Crippen molar-refractivity contribution < 1.29 is 22.3 Å². The summed E-state index contributed by atoms with van der Waals surface area (Å²) in [6.07, 6.45) is -4.03. The van der Waals surface area contributed by atoms with Gasteiger partial charge in [0.2, 0.25) is 0 Å². The van der Waals surface area contributed by atoms with Crippen LogP contribution in [0.3, 0.4) is 0 Å². The second-order valence-corrected chi connectivity index (χ2v) is 9.04. The van der Waals surface area contributed by atoms with E-state index in [0.29, 0.717) is 36.6 Å². The zero-order valence-electron chi connectivity index (χ0n) is 19.7. The highest BCUT2D eigenvalue weighted by atomic mass is 19.4. The quantitative estimate of drug-likeness (QED) is 0.279. The average molecular weight is 495 g/mol. The third-order valence-electron chi connectivity index (χ3n) is 6.61. The van der Waals surface area contributed by atoms with Crippen LogP contribution >= 0.6 is 0 Å². The van der Waals surface area contributed by atoms with Crippen molar-refractivity contribution in [3.8, 4) is 5.75 Å². The lowest BCUT2D eigenvalue weighted by Gasteiger charge is -2.36. The van der Waals surface area contributed by atoms with E-state index in [9.17, 15) is 17.6 Å². The van der Waals surface area contributed by atoms with E-state index in [1.807, 2.05) is 23.1 Å². The Kier molecular flexibility index (Phi) is 6.58. The molecule has 2 atom stereocenters. The predicted molar refractivity (Wildman–Crippen MR) is 134 cm³/mol. The van der Waals surface area contributed by atoms with Crippen LogP contribution in [0.15, 0.2) is 84.9 Å². The topological polar surface area (TPSA) is 24.5 Å². The Labute approximate surface area is 207 Å². The van der Waals surface area contributed by atoms with Gasteiger partial charge in [0.15, 0.2) is 0 Å². The van der Waals surface area contributed by atoms with Gasteiger partial charge in [-0.1, -0.05) is 42.5 Å². The molecule has 0 bridgehead atoms. The van der Waals surface area contributed by atoms with Gasteiger partial charge in [0, 0.05) is 17.8 Å². The summed E-state index contributed by atoms with van der Waals surface area (Å²) < 4.78 is 59.2. The Hall–Kier alpha value is -3.58. The van der Waals surface area contributed by atoms with E-state index >= 15 is 0 Å². The smallest absolute Gasteiger partial charge is 0.416 e. The molecule has 1 N–H and O–H groups in total. The number of halogens is 4. The minimum atomic E-state index is -4.40. The maximum absolute atomic E-state index is 14.0. The lowest BCUT2D eigenvalue weighted by molar-refractivity contribution is -0.137. The summed E-state index contributed by atoms with van der Waals surface area (Å²) in [5.41, 5.74) is 1.73. The van der Waals surface area contributed by atoms with Crippen molar-refractivity contribution in [2.24, 2.45) is 0 Å². The van der Waals surface area contributed by atoms with E-state index in [1.54, 1.807) is 6.07 Å². The van der Waals surface area contributed by atoms with Crippen molar-refractivity contribution in [3.05, 3.63) is 102 Å². The largest absolute Gasteiger partial charge is 0.486 e. The van der Waals surface area contributed by atoms with Gasteiger partial charge in [0.05, 0.1) is 17.8 Å². The van der Waals surface area contributed by atoms with E-state index in [2.05, 4.69) is 36.5 Å². The molecule has 3 nitrogen and oxygen atoms in total. The van der Waals surface area contributed by atoms with E-state index in [4.69, 9.17) is 4.74 Å². The van der Waals surface area contributed by atoms with Crippen LogP contribution in [0, 0.1) is 5.82 Å². The van der Waals surface area contributed by atoms with Crippen LogP contribution in [0.5, 0.6) is 5.75 Å². The number of ether oxygens (including phenoxy) is 1. The fraction of sp³-hybridized carbons (Fsp3) is 0.241. The van der Waals surface area contributed by atoms with Crippen LogP contribution in [-0.2, 0) is 6.18 Å². The summed E-state index contributed by atoms with van der Waals surface area (Å²) in [6, 6.07) is 23.9. The molecule has 4 aromatic carbocycles. The zero-order chi connectivity index (χ0) is 25.3. The van der Waals surface area contributed by atoms with Crippen LogP contribution in [0.1, 0.15) is 30.5 Å². The number of hydrogen-bond acceptors (Lipinski definition) is 3. The van der Waals surface area contributed by atoms with Gasteiger partial charge < -0.3 is 15.0 Å². The Morgan fingerprint density at radius 3 is 2.50 bits per heavy atom. The van der Waals surface area contributed by atoms with Crippen LogP contribution in [0.25, 0.3) is 10.8 Å². The second kappa shape index (κ2) is 9.82. The maximum Gasteiger partial charge on any atom is 0.416 e. The van der Waals surface area contributed by atoms with Gasteiger partial charge in [-0.05, 0) is 72.6 Å². The number of anilines is 2. The van der Waals surface area contributed by atoms with Crippen molar-refractivity contribution in [1.29, 1.82) is 0 Å². The Morgan fingerprint density at radius 1 is 0.972 bits per heavy atom. The molecule has 1 aliphatic heterocycles. The minimum absolute atomic E-state index is 0.107. The first kappa shape index (κ1) is 24.1. The van der Waals surface area contributed by atoms with Crippen LogP contribution in [0.2, 0.25) is 0 Å². The predicted octanol–water partition coefficient (Wildman–Crippen LogP) is 7.64. The summed E-state index contributed by atoms with van der Waals surface area (Å²) in [6.45, 7) is 3.21. The molecule has 7 heteroatoms. The average Bonchev–Trinajstić information content (AvgIpc) is 2.87. The molecule has 5 rings (SSSR count). The number of nitrogens with one attached hydrogen (secondary N) is 1. The molecular formula is C29H26F4N2O. The first-order chi connectivity index (χ1) is 17.3. The normalized spacial score (nSPS) is 16.5. The van der Waals surface area contributed by atoms with Gasteiger partial charge >= 0.3 is 6.18 Å². The highest BCUT2D eigenvalue weighted by Crippen LogP contribution is 2.40. The molecule has 0 aliphatic carbocycles. The van der Waals surface area contributed by atoms with E-state index in [-0.39, 0.29) is 12.1 Å². The lowest BCUT2D eigenvalue weighted by atomic mass is 9.99. The highest BCUT2D eigenvalue weighted by molar-refractivity contribution is 5.86. The first-order valence-corrected chi connectivity index (χ1v) is 11.9. The van der Waals surface area contributed by atoms with Crippen LogP contribution in [0.4, 0.5) is 28.9 Å². The SMILES string of the molecule is C[C@@H](NCCC1CN(c2ccc(C(F)(F)F)cc2)c2ccc(F)cc2O1)c1cccc2ccccc12. The van der Waals surface area contributed by atoms with Crippen molar-refractivity contribution in [2.45, 2.75) is 31.7 Å². The number of fused-ring (bicyclic) bond motifs is 2. The fourth-order valence-corrected chi connectivity index (χ4v) is 4.75. The van der Waals surface area contributed by atoms with Crippen molar-refractivity contribution in [3.63, 3.8) is 0 Å². The molecule has 0 saturated carbocycles. The van der Waals surface area contributed by atoms with Gasteiger partial charge in [-0.3, -0.25) is 0 Å². The van der Waals surface area contributed by atoms with Crippen LogP contribution < -0.4 is 15.0 Å². The van der Waals surface area contributed by atoms with Crippen molar-refractivity contribution in [2.75, 3.05) is 18.0 Å². The van der Waals surface area contributed by atoms with Crippen molar-refractivity contribution >= 4 is 22.1 Å². The van der Waals surface area contributed by atoms with Gasteiger partial charge in [-0.15, -0.1) is 0 Å². The second-order valence-electron chi connectivity index (χ2n) is 9.04. The molecule has 1 unspecified atom stereocenters. The van der Waals surface area contributed by atoms with E-state index in [1.165, 1.54) is 40.6 Å². The number of benzene rings is 4. The molecule has 0 radical (unpaired) electrons. The third kappa shape index (κ3) is 5.02. The standard InChI is InChI=1S/C29H26F4N2O/c1-19(25-8-4-6-20-5-2-3-7-26(20)25)34-16-15-24-18-35(27-14-11-22(30)17-28(27)36-24)23-12-9-21(10-13-23)29(31,32)33/h2-14,17,19,24,34H,15-16,18H2,1H3/t19-,24?/m1/s1. The van der Waals surface area contributed by atoms with Gasteiger partial charge in [0.25, 0.3) is 0 Å². The summed E-state index contributed by atoms with van der Waals surface area (Å²) in [5, 5.41) is 5.94. The molecular weight excluding hydrogens is 468 g/mol. The van der Waals surface area contributed by atoms with Gasteiger partial charge in [0.1, 0.15) is 17.7 Å². The molecule has 0 aromatic heterocycles. The van der Waals surface area contributed by atoms with Gasteiger partial charge in [-0.2, -0.15) is 13.2 Å². The van der Waals surface area contributed by atoms with Crippen LogP contribution in [-0.4, -0.2) is 19.2 Å². The molecule has 186 valence electrons. The molecule has 4 aromatic rings. The lowest BCUT2D eigenvalue weighted by Crippen LogP contribution is -2.39. The monoisotopic (exact) mass is 494 g/mol. The summed E-state index contributed by atoms with van der Waals surface area (Å²) >= 11 is 0. The zero-order valence-corrected chi connectivity index (χ0v) is 19.7.